The molecule has 1 rings (SSSR count). The molecule has 1 aliphatic rings. The van der Waals surface area contributed by atoms with E-state index in [9.17, 15) is 14.4 Å². The number of piperidine rings is 1. The van der Waals surface area contributed by atoms with Gasteiger partial charge in [0.2, 0.25) is 17.7 Å². The second-order valence-electron chi connectivity index (χ2n) is 8.48. The molecule has 6 nitrogen and oxygen atoms in total. The van der Waals surface area contributed by atoms with Gasteiger partial charge >= 0.3 is 0 Å². The van der Waals surface area contributed by atoms with Crippen LogP contribution >= 0.6 is 0 Å². The Kier molecular flexibility index (Phi) is 10.4. The average Bonchev–Trinajstić information content (AvgIpc) is 2.62. The zero-order valence-corrected chi connectivity index (χ0v) is 17.8. The Labute approximate surface area is 164 Å². The third kappa shape index (κ3) is 8.31. The lowest BCUT2D eigenvalue weighted by Crippen LogP contribution is -2.53. The van der Waals surface area contributed by atoms with E-state index in [1.165, 1.54) is 0 Å². The highest BCUT2D eigenvalue weighted by atomic mass is 16.2. The zero-order chi connectivity index (χ0) is 20.4. The van der Waals surface area contributed by atoms with Crippen molar-refractivity contribution >= 4 is 17.7 Å². The van der Waals surface area contributed by atoms with E-state index >= 15 is 0 Å². The van der Waals surface area contributed by atoms with E-state index in [0.29, 0.717) is 32.4 Å². The number of unbranched alkanes of at least 4 members (excludes halogenated alkanes) is 2. The fourth-order valence-corrected chi connectivity index (χ4v) is 3.41. The van der Waals surface area contributed by atoms with Gasteiger partial charge in [-0.05, 0) is 31.1 Å². The molecule has 0 saturated carbocycles. The highest BCUT2D eigenvalue weighted by molar-refractivity contribution is 5.88. The summed E-state index contributed by atoms with van der Waals surface area (Å²) in [5.41, 5.74) is 0. The zero-order valence-electron chi connectivity index (χ0n) is 17.8. The number of rotatable bonds is 10. The summed E-state index contributed by atoms with van der Waals surface area (Å²) in [6.45, 7) is 11.9. The number of likely N-dealkylation sites (tertiary alicyclic amines) is 1. The van der Waals surface area contributed by atoms with Crippen LogP contribution in [0.25, 0.3) is 0 Å². The number of nitrogens with zero attached hydrogens (tertiary/aromatic N) is 1. The second kappa shape index (κ2) is 12.0. The van der Waals surface area contributed by atoms with Crippen LogP contribution in [0.2, 0.25) is 0 Å². The molecule has 2 N–H and O–H groups in total. The van der Waals surface area contributed by atoms with Crippen molar-refractivity contribution in [2.24, 2.45) is 17.8 Å². The number of carbonyl (C=O) groups excluding carboxylic acids is 3. The maximum atomic E-state index is 12.9. The van der Waals surface area contributed by atoms with Crippen LogP contribution in [-0.2, 0) is 14.4 Å². The van der Waals surface area contributed by atoms with E-state index in [1.54, 1.807) is 4.90 Å². The summed E-state index contributed by atoms with van der Waals surface area (Å²) in [7, 11) is 0. The van der Waals surface area contributed by atoms with Gasteiger partial charge in [-0.15, -0.1) is 0 Å². The Morgan fingerprint density at radius 2 is 1.67 bits per heavy atom. The largest absolute Gasteiger partial charge is 0.356 e. The van der Waals surface area contributed by atoms with E-state index in [-0.39, 0.29) is 35.5 Å². The van der Waals surface area contributed by atoms with Gasteiger partial charge < -0.3 is 15.5 Å². The lowest BCUT2D eigenvalue weighted by molar-refractivity contribution is -0.140. The van der Waals surface area contributed by atoms with Gasteiger partial charge in [0.15, 0.2) is 0 Å². The Hall–Kier alpha value is -1.59. The molecule has 1 atom stereocenters. The quantitative estimate of drug-likeness (QED) is 0.571. The molecule has 156 valence electrons. The third-order valence-electron chi connectivity index (χ3n) is 5.10. The minimum Gasteiger partial charge on any atom is -0.356 e. The van der Waals surface area contributed by atoms with Crippen LogP contribution in [0.15, 0.2) is 0 Å². The van der Waals surface area contributed by atoms with Crippen LogP contribution in [-0.4, -0.2) is 48.3 Å². The lowest BCUT2D eigenvalue weighted by Gasteiger charge is -2.35. The van der Waals surface area contributed by atoms with Crippen molar-refractivity contribution in [3.8, 4) is 0 Å². The average molecular weight is 382 g/mol. The minimum absolute atomic E-state index is 0.0105. The van der Waals surface area contributed by atoms with Crippen molar-refractivity contribution in [3.63, 3.8) is 0 Å². The van der Waals surface area contributed by atoms with Crippen molar-refractivity contribution in [2.45, 2.75) is 79.2 Å². The summed E-state index contributed by atoms with van der Waals surface area (Å²) in [6, 6.07) is -0.490. The summed E-state index contributed by atoms with van der Waals surface area (Å²) < 4.78 is 0. The first kappa shape index (κ1) is 23.4. The number of hydrogen-bond donors (Lipinski definition) is 2. The molecule has 1 unspecified atom stereocenters. The second-order valence-corrected chi connectivity index (χ2v) is 8.48. The SMILES string of the molecule is CCCCCNC(=O)C1CCN(C(=O)C(NC(=O)CC(C)C)C(C)C)CC1. The molecule has 0 aromatic heterocycles. The monoisotopic (exact) mass is 381 g/mol. The fraction of sp³-hybridized carbons (Fsp3) is 0.857. The van der Waals surface area contributed by atoms with Gasteiger partial charge in [0.25, 0.3) is 0 Å². The topological polar surface area (TPSA) is 78.5 Å². The van der Waals surface area contributed by atoms with Gasteiger partial charge in [-0.2, -0.15) is 0 Å². The van der Waals surface area contributed by atoms with Crippen molar-refractivity contribution in [1.82, 2.24) is 15.5 Å². The molecule has 0 spiro atoms. The molecule has 0 radical (unpaired) electrons. The molecular weight excluding hydrogens is 342 g/mol. The van der Waals surface area contributed by atoms with Crippen LogP contribution < -0.4 is 10.6 Å². The molecule has 6 heteroatoms. The molecule has 0 aromatic rings. The molecule has 1 heterocycles. The summed E-state index contributed by atoms with van der Waals surface area (Å²) in [6.07, 6.45) is 5.10. The van der Waals surface area contributed by atoms with E-state index in [4.69, 9.17) is 0 Å². The normalized spacial score (nSPS) is 16.5. The number of hydrogen-bond acceptors (Lipinski definition) is 3. The maximum absolute atomic E-state index is 12.9. The number of nitrogens with one attached hydrogen (secondary N) is 2. The third-order valence-corrected chi connectivity index (χ3v) is 5.10. The highest BCUT2D eigenvalue weighted by Crippen LogP contribution is 2.19. The first-order chi connectivity index (χ1) is 12.8. The lowest BCUT2D eigenvalue weighted by atomic mass is 9.94. The molecule has 1 fully saturated rings. The summed E-state index contributed by atoms with van der Waals surface area (Å²) >= 11 is 0. The number of carbonyl (C=O) groups is 3. The smallest absolute Gasteiger partial charge is 0.245 e. The van der Waals surface area contributed by atoms with E-state index in [0.717, 1.165) is 25.8 Å². The molecule has 1 aliphatic heterocycles. The van der Waals surface area contributed by atoms with Crippen LogP contribution in [0.3, 0.4) is 0 Å². The Morgan fingerprint density at radius 1 is 1.04 bits per heavy atom. The standard InChI is InChI=1S/C21H39N3O3/c1-6-7-8-11-22-20(26)17-9-12-24(13-10-17)21(27)19(16(4)5)23-18(25)14-15(2)3/h15-17,19H,6-14H2,1-5H3,(H,22,26)(H,23,25). The maximum Gasteiger partial charge on any atom is 0.245 e. The minimum atomic E-state index is -0.490. The first-order valence-electron chi connectivity index (χ1n) is 10.6. The van der Waals surface area contributed by atoms with E-state index in [2.05, 4.69) is 17.6 Å². The van der Waals surface area contributed by atoms with Crippen molar-refractivity contribution < 1.29 is 14.4 Å². The highest BCUT2D eigenvalue weighted by Gasteiger charge is 2.32. The van der Waals surface area contributed by atoms with Gasteiger partial charge in [0.1, 0.15) is 6.04 Å². The van der Waals surface area contributed by atoms with Crippen LogP contribution in [0.1, 0.15) is 73.1 Å². The van der Waals surface area contributed by atoms with Gasteiger partial charge in [-0.1, -0.05) is 47.5 Å². The Balaban J connectivity index is 2.49. The van der Waals surface area contributed by atoms with Gasteiger partial charge in [-0.25, -0.2) is 0 Å². The Bertz CT molecular complexity index is 483. The van der Waals surface area contributed by atoms with Crippen molar-refractivity contribution in [1.29, 1.82) is 0 Å². The van der Waals surface area contributed by atoms with Crippen LogP contribution in [0, 0.1) is 17.8 Å². The molecule has 0 aliphatic carbocycles. The fourth-order valence-electron chi connectivity index (χ4n) is 3.41. The van der Waals surface area contributed by atoms with Gasteiger partial charge in [0.05, 0.1) is 0 Å². The van der Waals surface area contributed by atoms with Crippen molar-refractivity contribution in [3.05, 3.63) is 0 Å². The molecule has 0 aromatic carbocycles. The predicted octanol–water partition coefficient (Wildman–Crippen LogP) is 2.72. The molecule has 3 amide bonds. The van der Waals surface area contributed by atoms with Gasteiger partial charge in [0, 0.05) is 32.0 Å². The molecular formula is C21H39N3O3. The molecule has 0 bridgehead atoms. The van der Waals surface area contributed by atoms with Crippen LogP contribution in [0.5, 0.6) is 0 Å². The number of amides is 3. The predicted molar refractivity (Wildman–Crippen MR) is 108 cm³/mol. The van der Waals surface area contributed by atoms with Crippen LogP contribution in [0.4, 0.5) is 0 Å². The Morgan fingerprint density at radius 3 is 2.19 bits per heavy atom. The first-order valence-corrected chi connectivity index (χ1v) is 10.6. The summed E-state index contributed by atoms with van der Waals surface area (Å²) in [5, 5.41) is 5.93. The van der Waals surface area contributed by atoms with E-state index in [1.807, 2.05) is 27.7 Å². The van der Waals surface area contributed by atoms with Gasteiger partial charge in [-0.3, -0.25) is 14.4 Å². The molecule has 27 heavy (non-hydrogen) atoms. The molecule has 1 saturated heterocycles. The summed E-state index contributed by atoms with van der Waals surface area (Å²) in [5.74, 6) is 0.308. The van der Waals surface area contributed by atoms with Crippen molar-refractivity contribution in [2.75, 3.05) is 19.6 Å². The van der Waals surface area contributed by atoms with E-state index < -0.39 is 6.04 Å². The summed E-state index contributed by atoms with van der Waals surface area (Å²) in [4.78, 5) is 39.1.